The minimum atomic E-state index is -4.47. The molecule has 0 fully saturated rings. The molecule has 0 spiro atoms. The molecule has 0 saturated carbocycles. The van der Waals surface area contributed by atoms with Crippen LogP contribution in [0.4, 0.5) is 5.69 Å². The lowest BCUT2D eigenvalue weighted by Crippen LogP contribution is -2.37. The quantitative estimate of drug-likeness (QED) is 0.374. The highest BCUT2D eigenvalue weighted by molar-refractivity contribution is 7.93. The minimum absolute atomic E-state index is 0.0360. The molecule has 0 bridgehead atoms. The summed E-state index contributed by atoms with van der Waals surface area (Å²) in [5.41, 5.74) is 1.12. The van der Waals surface area contributed by atoms with Crippen LogP contribution < -0.4 is 9.24 Å². The molecule has 4 aromatic rings. The van der Waals surface area contributed by atoms with Crippen molar-refractivity contribution >= 4 is 66.4 Å². The number of sulfonamides is 1. The van der Waals surface area contributed by atoms with E-state index in [9.17, 15) is 18.0 Å². The largest absolute Gasteiger partial charge is 0.414 e. The van der Waals surface area contributed by atoms with Gasteiger partial charge in [-0.3, -0.25) is 4.79 Å². The first kappa shape index (κ1) is 21.6. The molecule has 0 aliphatic heterocycles. The van der Waals surface area contributed by atoms with Crippen LogP contribution in [0.25, 0.3) is 10.3 Å². The predicted molar refractivity (Wildman–Crippen MR) is 122 cm³/mol. The number of carbonyl (C=O) groups excluding carboxylic acids is 1. The molecule has 31 heavy (non-hydrogen) atoms. The second kappa shape index (κ2) is 8.12. The molecule has 1 aromatic heterocycles. The molecule has 1 heterocycles. The van der Waals surface area contributed by atoms with Gasteiger partial charge in [0.25, 0.3) is 15.9 Å². The Morgan fingerprint density at radius 1 is 1.03 bits per heavy atom. The average molecular weight is 494 g/mol. The van der Waals surface area contributed by atoms with E-state index < -0.39 is 20.9 Å². The van der Waals surface area contributed by atoms with E-state index in [0.29, 0.717) is 20.2 Å². The second-order valence-corrected chi connectivity index (χ2v) is 10.1. The van der Waals surface area contributed by atoms with Crippen molar-refractivity contribution in [3.05, 3.63) is 91.6 Å². The number of anilines is 1. The Labute approximate surface area is 191 Å². The maximum atomic E-state index is 13.7. The molecular weight excluding hydrogens is 481 g/mol. The number of carbonyl (C=O) groups is 1. The van der Waals surface area contributed by atoms with E-state index in [2.05, 4.69) is 0 Å². The summed E-state index contributed by atoms with van der Waals surface area (Å²) in [7, 11) is -4.47. The van der Waals surface area contributed by atoms with Gasteiger partial charge in [-0.25, -0.2) is 13.2 Å². The van der Waals surface area contributed by atoms with E-state index in [1.807, 2.05) is 0 Å². The summed E-state index contributed by atoms with van der Waals surface area (Å²) >= 11 is 13.0. The zero-order chi connectivity index (χ0) is 22.3. The summed E-state index contributed by atoms with van der Waals surface area (Å²) in [5, 5.41) is 0.0656. The van der Waals surface area contributed by atoms with Crippen molar-refractivity contribution in [2.45, 2.75) is 11.8 Å². The van der Waals surface area contributed by atoms with Gasteiger partial charge in [0, 0.05) is 10.6 Å². The van der Waals surface area contributed by atoms with Gasteiger partial charge in [0.15, 0.2) is 0 Å². The van der Waals surface area contributed by atoms with Gasteiger partial charge in [-0.1, -0.05) is 52.7 Å². The van der Waals surface area contributed by atoms with Crippen molar-refractivity contribution in [2.75, 3.05) is 4.31 Å². The number of hydrogen-bond donors (Lipinski definition) is 0. The third-order valence-corrected chi connectivity index (χ3v) is 7.74. The zero-order valence-electron chi connectivity index (χ0n) is 15.8. The molecule has 0 saturated heterocycles. The van der Waals surface area contributed by atoms with Gasteiger partial charge in [0.1, 0.15) is 10.5 Å². The van der Waals surface area contributed by atoms with Crippen LogP contribution in [0.15, 0.2) is 74.8 Å². The van der Waals surface area contributed by atoms with Crippen molar-refractivity contribution in [3.63, 3.8) is 0 Å². The average Bonchev–Trinajstić information content (AvgIpc) is 3.09. The molecule has 0 atom stereocenters. The number of benzene rings is 3. The van der Waals surface area contributed by atoms with Crippen LogP contribution in [0.5, 0.6) is 0 Å². The molecule has 0 aliphatic carbocycles. The highest BCUT2D eigenvalue weighted by Crippen LogP contribution is 2.34. The molecule has 0 unspecified atom stereocenters. The molecule has 4 rings (SSSR count). The molecule has 158 valence electrons. The van der Waals surface area contributed by atoms with E-state index in [0.717, 1.165) is 11.3 Å². The molecule has 6 nitrogen and oxygen atoms in total. The first-order valence-electron chi connectivity index (χ1n) is 8.82. The zero-order valence-corrected chi connectivity index (χ0v) is 19.0. The second-order valence-electron chi connectivity index (χ2n) is 6.55. The predicted octanol–water partition coefficient (Wildman–Crippen LogP) is 5.51. The van der Waals surface area contributed by atoms with Crippen LogP contribution in [0, 0.1) is 6.92 Å². The Hall–Kier alpha value is -2.65. The van der Waals surface area contributed by atoms with E-state index in [-0.39, 0.29) is 26.2 Å². The Morgan fingerprint density at radius 2 is 1.77 bits per heavy atom. The van der Waals surface area contributed by atoms with Crippen LogP contribution in [0.2, 0.25) is 10.0 Å². The normalized spacial score (nSPS) is 11.6. The first-order valence-corrected chi connectivity index (χ1v) is 11.8. The number of rotatable bonds is 4. The summed E-state index contributed by atoms with van der Waals surface area (Å²) in [4.78, 5) is 24.3. The van der Waals surface area contributed by atoms with E-state index in [1.165, 1.54) is 42.5 Å². The number of fused-ring (bicyclic) bond motifs is 1. The Balaban J connectivity index is 1.98. The topological polar surface area (TPSA) is 84.7 Å². The summed E-state index contributed by atoms with van der Waals surface area (Å²) in [5.74, 6) is -0.774. The molecule has 0 aliphatic rings. The minimum Gasteiger partial charge on any atom is -0.414 e. The van der Waals surface area contributed by atoms with Crippen LogP contribution in [-0.2, 0) is 10.0 Å². The smallest absolute Gasteiger partial charge is 0.396 e. The van der Waals surface area contributed by atoms with Gasteiger partial charge in [-0.05, 0) is 55.0 Å². The fourth-order valence-electron chi connectivity index (χ4n) is 3.05. The fourth-order valence-corrected chi connectivity index (χ4v) is 5.89. The number of halogens is 2. The van der Waals surface area contributed by atoms with Gasteiger partial charge in [0.2, 0.25) is 0 Å². The van der Waals surface area contributed by atoms with Gasteiger partial charge in [-0.2, -0.15) is 4.31 Å². The number of amides is 1. The molecule has 10 heteroatoms. The van der Waals surface area contributed by atoms with E-state index >= 15 is 0 Å². The van der Waals surface area contributed by atoms with Crippen molar-refractivity contribution in [3.8, 4) is 0 Å². The lowest BCUT2D eigenvalue weighted by Gasteiger charge is -2.24. The van der Waals surface area contributed by atoms with Crippen molar-refractivity contribution in [1.29, 1.82) is 0 Å². The maximum Gasteiger partial charge on any atom is 0.396 e. The Morgan fingerprint density at radius 3 is 2.52 bits per heavy atom. The van der Waals surface area contributed by atoms with Crippen molar-refractivity contribution in [2.24, 2.45) is 0 Å². The standard InChI is InChI=1S/C21H13Cl2NO5S2/c1-12-4-2-3-5-15(12)20(25)24(14-7-9-17-18(11-14)30-21(26)29-17)31(27,28)19-10-13(22)6-8-16(19)23/h2-11H,1H3. The van der Waals surface area contributed by atoms with Gasteiger partial charge < -0.3 is 4.42 Å². The van der Waals surface area contributed by atoms with Crippen LogP contribution in [0.1, 0.15) is 15.9 Å². The van der Waals surface area contributed by atoms with E-state index in [1.54, 1.807) is 25.1 Å². The molecule has 3 aromatic carbocycles. The Kier molecular flexibility index (Phi) is 5.65. The number of nitrogens with zero attached hydrogens (tertiary/aromatic N) is 1. The maximum absolute atomic E-state index is 13.7. The highest BCUT2D eigenvalue weighted by Gasteiger charge is 2.34. The summed E-state index contributed by atoms with van der Waals surface area (Å²) in [6.45, 7) is 1.70. The third-order valence-electron chi connectivity index (χ3n) is 4.52. The third kappa shape index (κ3) is 3.99. The lowest BCUT2D eigenvalue weighted by molar-refractivity contribution is 0.100. The number of aryl methyl sites for hydroxylation is 1. The fraction of sp³-hybridized carbons (Fsp3) is 0.0476. The van der Waals surface area contributed by atoms with Crippen molar-refractivity contribution in [1.82, 2.24) is 0 Å². The van der Waals surface area contributed by atoms with Crippen LogP contribution >= 0.6 is 34.5 Å². The summed E-state index contributed by atoms with van der Waals surface area (Å²) < 4.78 is 33.4. The summed E-state index contributed by atoms with van der Waals surface area (Å²) in [6, 6.07) is 14.9. The molecular formula is C21H13Cl2NO5S2. The van der Waals surface area contributed by atoms with Gasteiger partial charge in [0.05, 0.1) is 15.4 Å². The van der Waals surface area contributed by atoms with Gasteiger partial charge in [-0.15, -0.1) is 0 Å². The Bertz CT molecular complexity index is 1490. The van der Waals surface area contributed by atoms with Gasteiger partial charge >= 0.3 is 4.94 Å². The first-order chi connectivity index (χ1) is 14.7. The van der Waals surface area contributed by atoms with Crippen molar-refractivity contribution < 1.29 is 17.6 Å². The highest BCUT2D eigenvalue weighted by atomic mass is 35.5. The SMILES string of the molecule is Cc1ccccc1C(=O)N(c1ccc2oc(=O)sc2c1)S(=O)(=O)c1cc(Cl)ccc1Cl. The molecule has 0 N–H and O–H groups in total. The van der Waals surface area contributed by atoms with Crippen LogP contribution in [0.3, 0.4) is 0 Å². The molecule has 1 amide bonds. The number of hydrogen-bond acceptors (Lipinski definition) is 6. The van der Waals surface area contributed by atoms with Crippen LogP contribution in [-0.4, -0.2) is 14.3 Å². The van der Waals surface area contributed by atoms with E-state index in [4.69, 9.17) is 27.6 Å². The molecule has 0 radical (unpaired) electrons. The lowest BCUT2D eigenvalue weighted by atomic mass is 10.1. The summed E-state index contributed by atoms with van der Waals surface area (Å²) in [6.07, 6.45) is 0. The monoisotopic (exact) mass is 493 g/mol.